The van der Waals surface area contributed by atoms with Crippen LogP contribution in [-0.4, -0.2) is 127 Å². The van der Waals surface area contributed by atoms with Crippen molar-refractivity contribution >= 4 is 144 Å². The van der Waals surface area contributed by atoms with Gasteiger partial charge >= 0.3 is 28.9 Å². The fourth-order valence-corrected chi connectivity index (χ4v) is 13.2. The maximum Gasteiger partial charge on any atom is 0.512 e. The largest absolute Gasteiger partial charge is 0.512 e. The van der Waals surface area contributed by atoms with Crippen LogP contribution >= 0.6 is 69.9 Å². The average molecular weight is 1830 g/mol. The minimum atomic E-state index is -0.988. The van der Waals surface area contributed by atoms with E-state index in [2.05, 4.69) is 150 Å². The number of hydrogen-bond acceptors (Lipinski definition) is 26. The van der Waals surface area contributed by atoms with Crippen LogP contribution in [0.25, 0.3) is 45.3 Å². The number of nitrogens with zero attached hydrogens (tertiary/aromatic N) is 12. The molecule has 4 aromatic carbocycles. The number of hydrogen-bond donors (Lipinski definition) is 0. The summed E-state index contributed by atoms with van der Waals surface area (Å²) in [4.78, 5) is 57.9. The summed E-state index contributed by atoms with van der Waals surface area (Å²) in [5.74, 6) is 2.63. The predicted octanol–water partition coefficient (Wildman–Crippen LogP) is 21.2. The Labute approximate surface area is 758 Å². The van der Waals surface area contributed by atoms with Crippen molar-refractivity contribution in [2.45, 2.75) is 139 Å². The van der Waals surface area contributed by atoms with Gasteiger partial charge in [-0.15, -0.1) is 6.42 Å². The van der Waals surface area contributed by atoms with Gasteiger partial charge in [0, 0.05) is 33.9 Å². The quantitative estimate of drug-likeness (QED) is 0.00924. The van der Waals surface area contributed by atoms with E-state index in [9.17, 15) is 45.0 Å². The van der Waals surface area contributed by atoms with E-state index in [1.54, 1.807) is 60.6 Å². The Bertz CT molecular complexity index is 5530. The molecule has 34 heteroatoms. The van der Waals surface area contributed by atoms with Gasteiger partial charge in [-0.2, -0.15) is 41.4 Å². The van der Waals surface area contributed by atoms with Crippen molar-refractivity contribution in [1.82, 2.24) is 39.1 Å². The summed E-state index contributed by atoms with van der Waals surface area (Å²) >= 11 is 27.5. The number of aromatic nitrogens is 8. The number of halogens is 4. The van der Waals surface area contributed by atoms with E-state index < -0.39 is 49.3 Å². The number of aryl methyl sites for hydroxylation is 8. The summed E-state index contributed by atoms with van der Waals surface area (Å²) in [7, 11) is 7.99. The van der Waals surface area contributed by atoms with Crippen LogP contribution in [0, 0.1) is 85.4 Å². The van der Waals surface area contributed by atoms with Crippen LogP contribution in [0.4, 0.5) is 19.2 Å². The molecule has 4 heterocycles. The molecule has 0 spiro atoms. The number of benzene rings is 4. The molecule has 0 aliphatic carbocycles. The number of esters is 1. The second kappa shape index (κ2) is 47.7. The Morgan fingerprint density at radius 2 is 0.664 bits per heavy atom. The van der Waals surface area contributed by atoms with Gasteiger partial charge in [0.05, 0.1) is 50.0 Å². The van der Waals surface area contributed by atoms with E-state index in [1.807, 2.05) is 104 Å². The summed E-state index contributed by atoms with van der Waals surface area (Å²) < 4.78 is 62.9. The molecule has 0 amide bonds. The predicted molar refractivity (Wildman–Crippen MR) is 485 cm³/mol. The summed E-state index contributed by atoms with van der Waals surface area (Å²) in [6.07, 6.45) is 4.55. The van der Waals surface area contributed by atoms with Gasteiger partial charge in [-0.05, 0) is 117 Å². The number of carbonyl (C=O) groups excluding carboxylic acids is 5. The number of ether oxygens (including phenoxy) is 11. The molecule has 0 saturated heterocycles. The van der Waals surface area contributed by atoms with Gasteiger partial charge in [0.1, 0.15) is 81.7 Å². The molecule has 0 fully saturated rings. The number of rotatable bonds is 26. The maximum absolute atomic E-state index is 11.9. The topological polar surface area (TPSA) is 353 Å². The maximum atomic E-state index is 11.9. The highest BCUT2D eigenvalue weighted by Crippen LogP contribution is 2.40. The lowest BCUT2D eigenvalue weighted by molar-refractivity contribution is -0.137. The summed E-state index contributed by atoms with van der Waals surface area (Å²) in [6, 6.07) is 39.2. The fourth-order valence-electron chi connectivity index (χ4n) is 11.3. The molecule has 4 aromatic heterocycles. The number of nitriles is 4. The zero-order chi connectivity index (χ0) is 93.6. The second-order valence-electron chi connectivity index (χ2n) is 31.1. The van der Waals surface area contributed by atoms with E-state index in [0.717, 1.165) is 34.0 Å². The molecule has 125 heavy (non-hydrogen) atoms. The molecule has 0 N–H and O–H groups in total. The Kier molecular flexibility index (Phi) is 39.5. The molecule has 662 valence electrons. The molecular formula is C91H102Cl4N12O16S2. The zero-order valence-corrected chi connectivity index (χ0v) is 78.6. The van der Waals surface area contributed by atoms with Gasteiger partial charge in [0.15, 0.2) is 29.6 Å². The third kappa shape index (κ3) is 29.6. The van der Waals surface area contributed by atoms with E-state index in [1.165, 1.54) is 27.2 Å². The molecule has 0 saturated carbocycles. The van der Waals surface area contributed by atoms with Crippen LogP contribution in [0.2, 0.25) is 20.1 Å². The molecule has 8 aromatic rings. The van der Waals surface area contributed by atoms with Gasteiger partial charge in [-0.25, -0.2) is 19.2 Å². The van der Waals surface area contributed by atoms with E-state index >= 15 is 0 Å². The van der Waals surface area contributed by atoms with Gasteiger partial charge in [-0.1, -0.05) is 252 Å². The Morgan fingerprint density at radius 1 is 0.416 bits per heavy atom. The lowest BCUT2D eigenvalue weighted by Gasteiger charge is -2.19. The van der Waals surface area contributed by atoms with Crippen LogP contribution in [-0.2, 0) is 107 Å². The third-order valence-electron chi connectivity index (χ3n) is 17.9. The first-order valence-corrected chi connectivity index (χ1v) is 41.9. The monoisotopic (exact) mass is 1820 g/mol. The minimum Gasteiger partial charge on any atom is -0.468 e. The zero-order valence-electron chi connectivity index (χ0n) is 74.0. The van der Waals surface area contributed by atoms with Crippen LogP contribution in [0.15, 0.2) is 110 Å². The fraction of sp³-hybridized carbons (Fsp3) is 0.374. The SMILES string of the molecule is C#CCOC(=O)OCO/C(=C(/C#N)c1ccc(C(C)(C)C)cc1)c1c(Cl)c(C)nn1C.C=CCOC(=O)OCO/C(=C(/C#N)c1ccc(C(C)(C)C)cc1)c1c(Cl)c(C)nn1C.CCSC(=O)OCO/C(=C(/C#N)c1ccc(C(C)(C)C)cc1)c1c(Cl)c(C)nn1C.COC(=O)CSC(=O)OCO/C(=C(/C#N)c1ccc(C(C)(C)C)cc1)c1c(Cl)c(C)nn1C. The van der Waals surface area contributed by atoms with Crippen LogP contribution < -0.4 is 0 Å². The summed E-state index contributed by atoms with van der Waals surface area (Å²) in [5, 5.41) is 57.2. The van der Waals surface area contributed by atoms with Crippen LogP contribution in [0.3, 0.4) is 0 Å². The van der Waals surface area contributed by atoms with Crippen molar-refractivity contribution in [2.75, 3.05) is 59.0 Å². The molecule has 0 bridgehead atoms. The number of carbonyl (C=O) groups is 5. The lowest BCUT2D eigenvalue weighted by Crippen LogP contribution is -2.12. The van der Waals surface area contributed by atoms with Crippen molar-refractivity contribution < 1.29 is 76.1 Å². The first-order valence-electron chi connectivity index (χ1n) is 38.4. The standard InChI is InChI=1S/C23H26ClN3O5S.C23H26ClN3O4.C23H24ClN3O4.C22H26ClN3O3S/c1-14-19(24)20(27(5)26-14)21(31-13-32-22(29)33-12-18(28)30-6)17(11-25)15-7-9-16(10-8-15)23(2,3)4;2*1-7-12-29-22(28)31-14-30-21(20-19(24)15(2)26-27(20)6)18(13-25)16-8-10-17(11-9-16)23(3,4)5;1-7-30-21(27)29-13-28-20(19-18(23)14(2)25-26(19)6)17(12-24)15-8-10-16(11-9-15)22(3,4)5/h7-10H,12-13H2,1-6H3;7-11H,1,12,14H2,2-6H3;1,8-11H,12,14H2,2-6H3;8-11H,7,13H2,1-6H3/b21-17-;2*21-18-;20-17-. The molecule has 0 unspecified atom stereocenters. The van der Waals surface area contributed by atoms with E-state index in [-0.39, 0.29) is 92.7 Å². The van der Waals surface area contributed by atoms with Crippen molar-refractivity contribution in [3.8, 4) is 36.6 Å². The van der Waals surface area contributed by atoms with Crippen molar-refractivity contribution in [3.63, 3.8) is 0 Å². The first kappa shape index (κ1) is 103. The second-order valence-corrected chi connectivity index (χ2v) is 34.7. The lowest BCUT2D eigenvalue weighted by atomic mass is 9.86. The smallest absolute Gasteiger partial charge is 0.468 e. The van der Waals surface area contributed by atoms with Crippen LogP contribution in [0.1, 0.15) is 180 Å². The average Bonchev–Trinajstić information content (AvgIpc) is 1.68. The Hall–Kier alpha value is -12.1. The van der Waals surface area contributed by atoms with Crippen molar-refractivity contribution in [1.29, 1.82) is 21.0 Å². The molecule has 0 atom stereocenters. The van der Waals surface area contributed by atoms with Gasteiger partial charge in [-0.3, -0.25) is 23.5 Å². The van der Waals surface area contributed by atoms with E-state index in [4.69, 9.17) is 95.5 Å². The molecule has 0 aliphatic heterocycles. The highest BCUT2D eigenvalue weighted by atomic mass is 35.5. The summed E-state index contributed by atoms with van der Waals surface area (Å²) in [6.45, 7) is 35.6. The normalized spacial score (nSPS) is 11.9. The van der Waals surface area contributed by atoms with Crippen molar-refractivity contribution in [2.24, 2.45) is 28.2 Å². The molecule has 0 radical (unpaired) electrons. The molecule has 0 aliphatic rings. The Balaban J connectivity index is 0.000000296. The highest BCUT2D eigenvalue weighted by molar-refractivity contribution is 8.13. The number of allylic oxidation sites excluding steroid dienone is 4. The number of thioether (sulfide) groups is 2. The molecule has 28 nitrogen and oxygen atoms in total. The van der Waals surface area contributed by atoms with Crippen LogP contribution in [0.5, 0.6) is 0 Å². The van der Waals surface area contributed by atoms with Gasteiger partial charge in [0.2, 0.25) is 27.2 Å². The molecular weight excluding hydrogens is 1720 g/mol. The first-order chi connectivity index (χ1) is 58.8. The van der Waals surface area contributed by atoms with Crippen molar-refractivity contribution in [3.05, 3.63) is 220 Å². The highest BCUT2D eigenvalue weighted by Gasteiger charge is 2.30. The number of terminal acetylenes is 1. The van der Waals surface area contributed by atoms with E-state index in [0.29, 0.717) is 105 Å². The van der Waals surface area contributed by atoms with Gasteiger partial charge in [0.25, 0.3) is 0 Å². The summed E-state index contributed by atoms with van der Waals surface area (Å²) in [5.41, 5.74) is 11.7. The third-order valence-corrected chi connectivity index (χ3v) is 21.1. The molecule has 8 rings (SSSR count). The Morgan fingerprint density at radius 3 is 0.872 bits per heavy atom. The van der Waals surface area contributed by atoms with Gasteiger partial charge < -0.3 is 52.1 Å². The number of methoxy groups -OCH3 is 1. The minimum absolute atomic E-state index is 0.0118.